The maximum atomic E-state index is 10.1. The summed E-state index contributed by atoms with van der Waals surface area (Å²) in [6.45, 7) is 15.4. The van der Waals surface area contributed by atoms with Gasteiger partial charge in [-0.25, -0.2) is 0 Å². The van der Waals surface area contributed by atoms with Gasteiger partial charge in [0.2, 0.25) is 0 Å². The molecule has 4 aliphatic rings. The lowest BCUT2D eigenvalue weighted by atomic mass is 9.50. The van der Waals surface area contributed by atoms with Crippen molar-refractivity contribution in [3.63, 3.8) is 0 Å². The molecule has 0 spiro atoms. The molecule has 0 aliphatic heterocycles. The van der Waals surface area contributed by atoms with Crippen molar-refractivity contribution in [2.45, 2.75) is 188 Å². The molecule has 9 atom stereocenters. The summed E-state index contributed by atoms with van der Waals surface area (Å²) in [6.07, 6.45) is 35.7. The Hall–Kier alpha value is -0.680. The van der Waals surface area contributed by atoms with Gasteiger partial charge >= 0.3 is 0 Å². The van der Waals surface area contributed by atoms with Crippen molar-refractivity contribution in [2.24, 2.45) is 46.8 Å². The first-order valence-corrected chi connectivity index (χ1v) is 22.1. The van der Waals surface area contributed by atoms with Gasteiger partial charge in [0.15, 0.2) is 0 Å². The quantitative estimate of drug-likeness (QED) is 0.0721. The number of hydrogen-bond acceptors (Lipinski definition) is 4. The maximum Gasteiger partial charge on any atom is 0.101 e. The van der Waals surface area contributed by atoms with Gasteiger partial charge in [-0.1, -0.05) is 110 Å². The van der Waals surface area contributed by atoms with E-state index in [0.717, 1.165) is 73.9 Å². The molecule has 50 heavy (non-hydrogen) atoms. The van der Waals surface area contributed by atoms with Crippen LogP contribution in [0.5, 0.6) is 0 Å². The molecule has 3 fully saturated rings. The van der Waals surface area contributed by atoms with Crippen LogP contribution in [0.4, 0.5) is 0 Å². The molecular formula is C46H82O4. The Balaban J connectivity index is 1.00. The topological polar surface area (TPSA) is 47.9 Å². The predicted octanol–water partition coefficient (Wildman–Crippen LogP) is 12.3. The third-order valence-electron chi connectivity index (χ3n) is 13.8. The molecule has 0 saturated heterocycles. The van der Waals surface area contributed by atoms with Crippen LogP contribution in [0.15, 0.2) is 23.8 Å². The summed E-state index contributed by atoms with van der Waals surface area (Å²) < 4.78 is 17.8. The molecule has 0 radical (unpaired) electrons. The normalized spacial score (nSPS) is 30.7. The number of rotatable bonds is 26. The van der Waals surface area contributed by atoms with Crippen LogP contribution < -0.4 is 0 Å². The lowest BCUT2D eigenvalue weighted by Gasteiger charge is -2.55. The average molecular weight is 699 g/mol. The minimum absolute atomic E-state index is 0.373. The van der Waals surface area contributed by atoms with Gasteiger partial charge in [-0.15, -0.1) is 0 Å². The molecule has 4 aliphatic carbocycles. The van der Waals surface area contributed by atoms with Gasteiger partial charge in [-0.3, -0.25) is 0 Å². The van der Waals surface area contributed by atoms with Crippen molar-refractivity contribution in [2.75, 3.05) is 33.0 Å². The Morgan fingerprint density at radius 3 is 2.22 bits per heavy atom. The first-order valence-electron chi connectivity index (χ1n) is 22.1. The van der Waals surface area contributed by atoms with Crippen molar-refractivity contribution >= 4 is 0 Å². The number of aliphatic hydroxyl groups excluding tert-OH is 1. The molecule has 0 aromatic carbocycles. The summed E-state index contributed by atoms with van der Waals surface area (Å²) in [5.41, 5.74) is 2.20. The molecule has 3 saturated carbocycles. The number of allylic oxidation sites excluding steroid dienone is 3. The van der Waals surface area contributed by atoms with Gasteiger partial charge in [-0.2, -0.15) is 0 Å². The monoisotopic (exact) mass is 699 g/mol. The minimum Gasteiger partial charge on any atom is -0.388 e. The molecular weight excluding hydrogens is 617 g/mol. The standard InChI is InChI=1S/C46H82O4/c1-6-7-8-9-10-11-13-16-30-48-34-39(47)35-49-31-17-14-12-15-18-32-50-40-28-29-46(5)38(33-40)22-23-44-43-25-24-41(42(43)26-27-45(44)46)37(4)21-19-20-36(2)3/h10-11,22,36-37,39-45,47H,6-9,12-21,23-35H2,1-5H3/b11-10-/t37-,39+,40+,41-,42-,43?,44+,45?,46+/m1/s1. The molecule has 0 aromatic heterocycles. The smallest absolute Gasteiger partial charge is 0.101 e. The molecule has 0 heterocycles. The van der Waals surface area contributed by atoms with Gasteiger partial charge in [-0.05, 0) is 137 Å². The number of unbranched alkanes of at least 4 members (excludes halogenated alkanes) is 8. The van der Waals surface area contributed by atoms with E-state index in [0.29, 0.717) is 31.3 Å². The number of hydrogen-bond donors (Lipinski definition) is 1. The first kappa shape index (κ1) is 42.1. The Bertz CT molecular complexity index is 958. The molecule has 4 rings (SSSR count). The zero-order valence-corrected chi connectivity index (χ0v) is 33.7. The van der Waals surface area contributed by atoms with Gasteiger partial charge in [0.25, 0.3) is 0 Å². The fraction of sp³-hybridized carbons (Fsp3) is 0.913. The van der Waals surface area contributed by atoms with E-state index < -0.39 is 6.10 Å². The van der Waals surface area contributed by atoms with E-state index in [1.807, 2.05) is 0 Å². The maximum absolute atomic E-state index is 10.1. The Morgan fingerprint density at radius 2 is 1.46 bits per heavy atom. The van der Waals surface area contributed by atoms with Crippen LogP contribution in [0.3, 0.4) is 0 Å². The second-order valence-electron chi connectivity index (χ2n) is 18.0. The van der Waals surface area contributed by atoms with E-state index in [4.69, 9.17) is 14.2 Å². The van der Waals surface area contributed by atoms with E-state index >= 15 is 0 Å². The fourth-order valence-electron chi connectivity index (χ4n) is 10.9. The van der Waals surface area contributed by atoms with Gasteiger partial charge in [0, 0.05) is 19.8 Å². The predicted molar refractivity (Wildman–Crippen MR) is 211 cm³/mol. The molecule has 4 nitrogen and oxygen atoms in total. The van der Waals surface area contributed by atoms with Crippen LogP contribution >= 0.6 is 0 Å². The van der Waals surface area contributed by atoms with Crippen molar-refractivity contribution in [1.82, 2.24) is 0 Å². The van der Waals surface area contributed by atoms with Crippen molar-refractivity contribution < 1.29 is 19.3 Å². The van der Waals surface area contributed by atoms with Gasteiger partial charge in [0.05, 0.1) is 19.3 Å². The second-order valence-corrected chi connectivity index (χ2v) is 18.0. The van der Waals surface area contributed by atoms with E-state index in [1.165, 1.54) is 122 Å². The molecule has 0 amide bonds. The highest BCUT2D eigenvalue weighted by molar-refractivity contribution is 5.24. The zero-order chi connectivity index (χ0) is 35.6. The lowest BCUT2D eigenvalue weighted by molar-refractivity contribution is -0.0331. The van der Waals surface area contributed by atoms with Crippen LogP contribution in [-0.4, -0.2) is 50.3 Å². The Morgan fingerprint density at radius 1 is 0.760 bits per heavy atom. The highest BCUT2D eigenvalue weighted by atomic mass is 16.5. The summed E-state index contributed by atoms with van der Waals surface area (Å²) in [4.78, 5) is 0. The molecule has 1 N–H and O–H groups in total. The summed E-state index contributed by atoms with van der Waals surface area (Å²) in [6, 6.07) is 0. The third-order valence-corrected chi connectivity index (χ3v) is 13.8. The largest absolute Gasteiger partial charge is 0.388 e. The van der Waals surface area contributed by atoms with Crippen LogP contribution in [0.25, 0.3) is 0 Å². The molecule has 2 unspecified atom stereocenters. The molecule has 0 aromatic rings. The summed E-state index contributed by atoms with van der Waals surface area (Å²) >= 11 is 0. The highest BCUT2D eigenvalue weighted by Crippen LogP contribution is 2.63. The Kier molecular flexibility index (Phi) is 19.5. The Labute approximate surface area is 310 Å². The SMILES string of the molecule is CCCCC/C=C\CCCOC[C@H](O)COCCCCCCCO[C@H]1CC[C@@]2(C)C(=CC[C@H]3C4CC[C@H]([C@H](C)CCCC(C)C)[C@H]4CCC32)C1. The van der Waals surface area contributed by atoms with Crippen molar-refractivity contribution in [3.05, 3.63) is 23.8 Å². The minimum atomic E-state index is -0.520. The van der Waals surface area contributed by atoms with Crippen LogP contribution in [0.2, 0.25) is 0 Å². The van der Waals surface area contributed by atoms with E-state index in [9.17, 15) is 5.11 Å². The average Bonchev–Trinajstić information content (AvgIpc) is 3.54. The zero-order valence-electron chi connectivity index (χ0n) is 33.7. The van der Waals surface area contributed by atoms with Crippen molar-refractivity contribution in [1.29, 1.82) is 0 Å². The van der Waals surface area contributed by atoms with E-state index in [2.05, 4.69) is 52.8 Å². The summed E-state index contributed by atoms with van der Waals surface area (Å²) in [7, 11) is 0. The van der Waals surface area contributed by atoms with Crippen LogP contribution in [-0.2, 0) is 14.2 Å². The number of fused-ring (bicyclic) bond motifs is 5. The number of ether oxygens (including phenoxy) is 3. The van der Waals surface area contributed by atoms with E-state index in [1.54, 1.807) is 5.57 Å². The lowest BCUT2D eigenvalue weighted by Crippen LogP contribution is -2.48. The summed E-state index contributed by atoms with van der Waals surface area (Å²) in [5, 5.41) is 10.1. The summed E-state index contributed by atoms with van der Waals surface area (Å²) in [5.74, 6) is 6.66. The van der Waals surface area contributed by atoms with Crippen molar-refractivity contribution in [3.8, 4) is 0 Å². The van der Waals surface area contributed by atoms with Crippen LogP contribution in [0.1, 0.15) is 176 Å². The highest BCUT2D eigenvalue weighted by Gasteiger charge is 2.54. The van der Waals surface area contributed by atoms with Crippen LogP contribution in [0, 0.1) is 46.8 Å². The van der Waals surface area contributed by atoms with Gasteiger partial charge in [0.1, 0.15) is 6.10 Å². The third kappa shape index (κ3) is 13.3. The van der Waals surface area contributed by atoms with Gasteiger partial charge < -0.3 is 19.3 Å². The number of aliphatic hydroxyl groups is 1. The fourth-order valence-corrected chi connectivity index (χ4v) is 10.9. The molecule has 0 bridgehead atoms. The molecule has 4 heteroatoms. The second kappa shape index (κ2) is 23.2. The first-order chi connectivity index (χ1) is 24.3. The van der Waals surface area contributed by atoms with E-state index in [-0.39, 0.29) is 0 Å². The molecule has 290 valence electrons.